The predicted octanol–water partition coefficient (Wildman–Crippen LogP) is 5.74. The Kier molecular flexibility index (Phi) is 9.54. The highest BCUT2D eigenvalue weighted by molar-refractivity contribution is 5.89. The number of carbonyl (C=O) groups excluding carboxylic acids is 1. The summed E-state index contributed by atoms with van der Waals surface area (Å²) in [6.07, 6.45) is -1.57. The van der Waals surface area contributed by atoms with Crippen LogP contribution in [0.2, 0.25) is 0 Å². The van der Waals surface area contributed by atoms with Gasteiger partial charge in [-0.2, -0.15) is 13.2 Å². The summed E-state index contributed by atoms with van der Waals surface area (Å²) in [5, 5.41) is 3.87. The lowest BCUT2D eigenvalue weighted by Gasteiger charge is -2.40. The third-order valence-electron chi connectivity index (χ3n) is 9.78. The first-order valence-electron chi connectivity index (χ1n) is 16.2. The molecule has 2 aromatic heterocycles. The molecule has 1 unspecified atom stereocenters. The predicted molar refractivity (Wildman–Crippen MR) is 165 cm³/mol. The van der Waals surface area contributed by atoms with E-state index in [1.165, 1.54) is 12.1 Å². The van der Waals surface area contributed by atoms with Crippen molar-refractivity contribution in [2.75, 3.05) is 58.4 Å². The van der Waals surface area contributed by atoms with Gasteiger partial charge in [-0.05, 0) is 70.7 Å². The molecule has 46 heavy (non-hydrogen) atoms. The molecular weight excluding hydrogens is 604 g/mol. The summed E-state index contributed by atoms with van der Waals surface area (Å²) in [7, 11) is 1.71. The molecule has 2 saturated heterocycles. The minimum atomic E-state index is -4.79. The number of aryl methyl sites for hydroxylation is 1. The smallest absolute Gasteiger partial charge is 0.383 e. The number of benzene rings is 1. The zero-order valence-electron chi connectivity index (χ0n) is 26.6. The van der Waals surface area contributed by atoms with Gasteiger partial charge in [0.05, 0.1) is 30.2 Å². The zero-order chi connectivity index (χ0) is 32.6. The number of amides is 1. The molecule has 9 nitrogen and oxygen atoms in total. The van der Waals surface area contributed by atoms with Crippen LogP contribution in [0, 0.1) is 24.6 Å². The fourth-order valence-electron chi connectivity index (χ4n) is 7.26. The number of alkyl halides is 3. The summed E-state index contributed by atoms with van der Waals surface area (Å²) < 4.78 is 68.7. The molecule has 1 N–H and O–H groups in total. The quantitative estimate of drug-likeness (QED) is 0.313. The van der Waals surface area contributed by atoms with Crippen molar-refractivity contribution in [3.05, 3.63) is 52.7 Å². The van der Waals surface area contributed by atoms with Crippen molar-refractivity contribution >= 4 is 22.8 Å². The molecule has 3 aromatic rings. The Balaban J connectivity index is 1.16. The van der Waals surface area contributed by atoms with Gasteiger partial charge in [0.2, 0.25) is 5.91 Å². The molecule has 0 aliphatic carbocycles. The van der Waals surface area contributed by atoms with Crippen molar-refractivity contribution in [3.8, 4) is 0 Å². The van der Waals surface area contributed by atoms with Gasteiger partial charge in [0.1, 0.15) is 29.2 Å². The van der Waals surface area contributed by atoms with Crippen LogP contribution in [0.25, 0.3) is 11.0 Å². The number of piperidine rings is 2. The Labute approximate surface area is 266 Å². The monoisotopic (exact) mass is 646 g/mol. The molecule has 1 amide bonds. The number of likely N-dealkylation sites (tertiary alicyclic amines) is 2. The molecule has 0 radical (unpaired) electrons. The molecule has 13 heteroatoms. The van der Waals surface area contributed by atoms with Crippen LogP contribution >= 0.6 is 0 Å². The summed E-state index contributed by atoms with van der Waals surface area (Å²) in [6.45, 7) is 9.32. The average Bonchev–Trinajstić information content (AvgIpc) is 3.42. The van der Waals surface area contributed by atoms with Crippen LogP contribution in [0.1, 0.15) is 67.4 Å². The van der Waals surface area contributed by atoms with Gasteiger partial charge >= 0.3 is 6.18 Å². The van der Waals surface area contributed by atoms with Gasteiger partial charge in [-0.15, -0.1) is 0 Å². The molecular formula is C33H42F4N6O3. The summed E-state index contributed by atoms with van der Waals surface area (Å²) in [5.41, 5.74) is 0.287. The number of aromatic nitrogens is 3. The zero-order valence-corrected chi connectivity index (χ0v) is 26.6. The van der Waals surface area contributed by atoms with E-state index in [1.54, 1.807) is 21.0 Å². The van der Waals surface area contributed by atoms with Gasteiger partial charge < -0.3 is 29.2 Å². The number of rotatable bonds is 8. The number of methoxy groups -OCH3 is 1. The van der Waals surface area contributed by atoms with E-state index in [4.69, 9.17) is 14.5 Å². The number of hydrogen-bond acceptors (Lipinski definition) is 7. The van der Waals surface area contributed by atoms with Crippen molar-refractivity contribution in [2.45, 2.75) is 64.4 Å². The lowest BCUT2D eigenvalue weighted by Crippen LogP contribution is -2.46. The number of carbonyl (C=O) groups is 1. The van der Waals surface area contributed by atoms with Gasteiger partial charge in [0.25, 0.3) is 0 Å². The second kappa shape index (κ2) is 13.4. The van der Waals surface area contributed by atoms with Gasteiger partial charge in [-0.25, -0.2) is 14.4 Å². The Bertz CT molecular complexity index is 1550. The first kappa shape index (κ1) is 32.6. The maximum absolute atomic E-state index is 15.0. The van der Waals surface area contributed by atoms with Crippen LogP contribution < -0.4 is 5.32 Å². The fraction of sp³-hybridized carbons (Fsp3) is 0.606. The first-order valence-corrected chi connectivity index (χ1v) is 16.2. The molecule has 2 fully saturated rings. The second-order valence-corrected chi connectivity index (χ2v) is 12.7. The van der Waals surface area contributed by atoms with E-state index >= 15 is 0 Å². The van der Waals surface area contributed by atoms with Gasteiger partial charge in [-0.3, -0.25) is 4.79 Å². The molecule has 5 heterocycles. The Hall–Kier alpha value is -3.29. The van der Waals surface area contributed by atoms with Crippen LogP contribution in [-0.4, -0.2) is 83.3 Å². The standard InChI is InChI=1S/C33H42F4N6O3/c1-20(24-5-4-6-26(28(24)34)33(35,36)37)38-30-25-19-27-29(46-18-16-43(27)31(25)40-21(2)39-30)22-9-13-42(14-10-22)32(44)23-7-11-41(12-8-23)15-17-45-3/h4-6,19-20,22-23,29H,7-18H2,1-3H3,(H,38,39,40)/t20-,29?/m1/s1. The van der Waals surface area contributed by atoms with Crippen LogP contribution in [0.4, 0.5) is 23.4 Å². The van der Waals surface area contributed by atoms with E-state index in [0.29, 0.717) is 55.5 Å². The number of anilines is 1. The minimum absolute atomic E-state index is 0.0725. The Morgan fingerprint density at radius 1 is 1.11 bits per heavy atom. The van der Waals surface area contributed by atoms with E-state index < -0.39 is 23.6 Å². The molecule has 0 bridgehead atoms. The number of halogens is 4. The molecule has 250 valence electrons. The van der Waals surface area contributed by atoms with Gasteiger partial charge in [-0.1, -0.05) is 12.1 Å². The van der Waals surface area contributed by atoms with Crippen LogP contribution in [0.5, 0.6) is 0 Å². The van der Waals surface area contributed by atoms with E-state index in [2.05, 4.69) is 19.8 Å². The number of nitrogens with zero attached hydrogens (tertiary/aromatic N) is 5. The third kappa shape index (κ3) is 6.59. The molecule has 3 aliphatic rings. The lowest BCUT2D eigenvalue weighted by atomic mass is 9.87. The van der Waals surface area contributed by atoms with E-state index in [1.807, 2.05) is 11.0 Å². The third-order valence-corrected chi connectivity index (χ3v) is 9.78. The van der Waals surface area contributed by atoms with E-state index in [0.717, 1.165) is 57.1 Å². The van der Waals surface area contributed by atoms with Crippen LogP contribution in [-0.2, 0) is 27.0 Å². The number of nitrogens with one attached hydrogen (secondary N) is 1. The Morgan fingerprint density at radius 3 is 2.54 bits per heavy atom. The maximum atomic E-state index is 15.0. The van der Waals surface area contributed by atoms with E-state index in [-0.39, 0.29) is 29.4 Å². The topological polar surface area (TPSA) is 84.8 Å². The molecule has 2 atom stereocenters. The van der Waals surface area contributed by atoms with Crippen LogP contribution in [0.3, 0.4) is 0 Å². The molecule has 6 rings (SSSR count). The van der Waals surface area contributed by atoms with Crippen molar-refractivity contribution < 1.29 is 31.8 Å². The van der Waals surface area contributed by atoms with Gasteiger partial charge in [0, 0.05) is 50.5 Å². The first-order chi connectivity index (χ1) is 22.0. The number of hydrogen-bond donors (Lipinski definition) is 1. The van der Waals surface area contributed by atoms with Crippen molar-refractivity contribution in [2.24, 2.45) is 11.8 Å². The largest absolute Gasteiger partial charge is 0.419 e. The fourth-order valence-corrected chi connectivity index (χ4v) is 7.26. The molecule has 0 spiro atoms. The number of ether oxygens (including phenoxy) is 2. The van der Waals surface area contributed by atoms with Crippen molar-refractivity contribution in [1.29, 1.82) is 0 Å². The summed E-state index contributed by atoms with van der Waals surface area (Å²) in [5.74, 6) is 0.179. The highest BCUT2D eigenvalue weighted by atomic mass is 19.4. The molecule has 1 aromatic carbocycles. The summed E-state index contributed by atoms with van der Waals surface area (Å²) in [6, 6.07) is 4.51. The van der Waals surface area contributed by atoms with Gasteiger partial charge in [0.15, 0.2) is 0 Å². The molecule has 0 saturated carbocycles. The number of fused-ring (bicyclic) bond motifs is 3. The van der Waals surface area contributed by atoms with Crippen molar-refractivity contribution in [1.82, 2.24) is 24.3 Å². The second-order valence-electron chi connectivity index (χ2n) is 12.7. The van der Waals surface area contributed by atoms with Crippen LogP contribution in [0.15, 0.2) is 24.3 Å². The SMILES string of the molecule is COCCN1CCC(C(=O)N2CCC(C3OCCn4c3cc3c(N[C@H](C)c5cccc(C(F)(F)F)c5F)nc(C)nc34)CC2)CC1. The minimum Gasteiger partial charge on any atom is -0.383 e. The Morgan fingerprint density at radius 2 is 1.85 bits per heavy atom. The highest BCUT2D eigenvalue weighted by Crippen LogP contribution is 2.41. The summed E-state index contributed by atoms with van der Waals surface area (Å²) >= 11 is 0. The maximum Gasteiger partial charge on any atom is 0.419 e. The normalized spacial score (nSPS) is 21.0. The summed E-state index contributed by atoms with van der Waals surface area (Å²) in [4.78, 5) is 27.0. The molecule has 3 aliphatic heterocycles. The average molecular weight is 647 g/mol. The van der Waals surface area contributed by atoms with E-state index in [9.17, 15) is 22.4 Å². The lowest BCUT2D eigenvalue weighted by molar-refractivity contribution is -0.140. The van der Waals surface area contributed by atoms with Crippen molar-refractivity contribution in [3.63, 3.8) is 0 Å². The highest BCUT2D eigenvalue weighted by Gasteiger charge is 2.38.